The van der Waals surface area contributed by atoms with E-state index in [1.807, 2.05) is 12.1 Å². The van der Waals surface area contributed by atoms with E-state index in [-0.39, 0.29) is 18.6 Å². The average Bonchev–Trinajstić information content (AvgIpc) is 3.43. The highest BCUT2D eigenvalue weighted by Crippen LogP contribution is 2.61. The predicted molar refractivity (Wildman–Crippen MR) is 198 cm³/mol. The molecule has 3 saturated carbocycles. The average molecular weight is 693 g/mol. The van der Waals surface area contributed by atoms with Gasteiger partial charge in [-0.25, -0.2) is 0 Å². The van der Waals surface area contributed by atoms with Crippen molar-refractivity contribution in [3.05, 3.63) is 65.2 Å². The molecule has 2 aromatic carbocycles. The molecule has 50 heavy (non-hydrogen) atoms. The summed E-state index contributed by atoms with van der Waals surface area (Å²) in [4.78, 5) is 25.3. The van der Waals surface area contributed by atoms with Gasteiger partial charge in [0.15, 0.2) is 0 Å². The van der Waals surface area contributed by atoms with E-state index in [1.165, 1.54) is 12.0 Å². The van der Waals surface area contributed by atoms with Gasteiger partial charge in [-0.15, -0.1) is 0 Å². The van der Waals surface area contributed by atoms with Gasteiger partial charge < -0.3 is 25.2 Å². The molecule has 4 aliphatic rings. The molecule has 0 radical (unpaired) electrons. The van der Waals surface area contributed by atoms with E-state index in [0.717, 1.165) is 49.4 Å². The van der Waals surface area contributed by atoms with Crippen molar-refractivity contribution in [1.29, 1.82) is 0 Å². The third kappa shape index (κ3) is 8.56. The van der Waals surface area contributed by atoms with Gasteiger partial charge in [0.1, 0.15) is 17.9 Å². The number of benzene rings is 2. The first-order valence-corrected chi connectivity index (χ1v) is 18.8. The van der Waals surface area contributed by atoms with Crippen molar-refractivity contribution in [1.82, 2.24) is 20.2 Å². The molecule has 3 N–H and O–H groups in total. The van der Waals surface area contributed by atoms with Crippen molar-refractivity contribution in [3.8, 4) is 5.75 Å². The van der Waals surface area contributed by atoms with Crippen LogP contribution < -0.4 is 10.1 Å². The number of carbonyl (C=O) groups is 1. The van der Waals surface area contributed by atoms with E-state index in [0.29, 0.717) is 41.7 Å². The number of nitrogens with one attached hydrogen (secondary N) is 1. The standard InChI is InChI=1S/C41H64N4O5/c1-26(2)17-33(24-43(7)8)44(23-31-15-10-11-16-36(31)49-9)21-29-13-12-14-30(18-29)22-45-39(38(28(4)47)37(25-46)50-45)40(48)42-35-20-32-19-34(27(35)3)41(32,5)6/h10-16,18,26-28,32-35,37-39,46-47H,17,19-25H2,1-9H3,(H,42,48)/t27-,28+,32?,33+,34?,35+,37+,38-,39+/m1/s1. The Balaban J connectivity index is 1.37. The van der Waals surface area contributed by atoms with Gasteiger partial charge in [-0.1, -0.05) is 77.1 Å². The Morgan fingerprint density at radius 1 is 1.08 bits per heavy atom. The van der Waals surface area contributed by atoms with E-state index < -0.39 is 24.2 Å². The number of rotatable bonds is 16. The van der Waals surface area contributed by atoms with Crippen LogP contribution in [-0.4, -0.2) is 95.7 Å². The van der Waals surface area contributed by atoms with Gasteiger partial charge in [0, 0.05) is 43.2 Å². The van der Waals surface area contributed by atoms with Gasteiger partial charge in [-0.05, 0) is 86.6 Å². The highest BCUT2D eigenvalue weighted by Gasteiger charge is 2.57. The molecule has 4 fully saturated rings. The molecule has 2 unspecified atom stereocenters. The number of para-hydroxylation sites is 1. The molecule has 9 heteroatoms. The molecule has 3 aliphatic carbocycles. The van der Waals surface area contributed by atoms with Crippen LogP contribution in [0.15, 0.2) is 48.5 Å². The second-order valence-electron chi connectivity index (χ2n) is 16.8. The van der Waals surface area contributed by atoms with Gasteiger partial charge in [0.05, 0.1) is 26.4 Å². The number of hydrogen-bond acceptors (Lipinski definition) is 8. The van der Waals surface area contributed by atoms with Crippen LogP contribution in [0.4, 0.5) is 0 Å². The first-order chi connectivity index (χ1) is 23.7. The largest absolute Gasteiger partial charge is 0.496 e. The van der Waals surface area contributed by atoms with E-state index in [4.69, 9.17) is 9.57 Å². The van der Waals surface area contributed by atoms with E-state index in [1.54, 1.807) is 19.1 Å². The van der Waals surface area contributed by atoms with Gasteiger partial charge in [0.25, 0.3) is 0 Å². The third-order valence-corrected chi connectivity index (χ3v) is 12.2. The predicted octanol–water partition coefficient (Wildman–Crippen LogP) is 5.33. The minimum atomic E-state index is -0.825. The molecule has 2 bridgehead atoms. The Morgan fingerprint density at radius 3 is 2.42 bits per heavy atom. The molecule has 6 rings (SSSR count). The van der Waals surface area contributed by atoms with Crippen LogP contribution in [0.3, 0.4) is 0 Å². The smallest absolute Gasteiger partial charge is 0.240 e. The van der Waals surface area contributed by atoms with E-state index in [2.05, 4.69) is 100 Å². The molecule has 9 atom stereocenters. The zero-order valence-corrected chi connectivity index (χ0v) is 32.0. The maximum Gasteiger partial charge on any atom is 0.240 e. The highest BCUT2D eigenvalue weighted by atomic mass is 16.7. The first-order valence-electron chi connectivity index (χ1n) is 18.8. The van der Waals surface area contributed by atoms with Gasteiger partial charge in [0.2, 0.25) is 5.91 Å². The molecule has 9 nitrogen and oxygen atoms in total. The number of aliphatic hydroxyl groups excluding tert-OH is 2. The van der Waals surface area contributed by atoms with Crippen molar-refractivity contribution < 1.29 is 24.6 Å². The lowest BCUT2D eigenvalue weighted by molar-refractivity contribution is -0.183. The fraction of sp³-hybridized carbons (Fsp3) is 0.683. The van der Waals surface area contributed by atoms with Gasteiger partial charge >= 0.3 is 0 Å². The molecular weight excluding hydrogens is 628 g/mol. The fourth-order valence-corrected chi connectivity index (χ4v) is 9.40. The maximum atomic E-state index is 14.2. The zero-order chi connectivity index (χ0) is 36.3. The Labute approximate surface area is 301 Å². The van der Waals surface area contributed by atoms with Crippen LogP contribution in [0.2, 0.25) is 0 Å². The second kappa shape index (κ2) is 16.4. The summed E-state index contributed by atoms with van der Waals surface area (Å²) < 4.78 is 5.75. The molecule has 1 amide bonds. The number of likely N-dealkylation sites (N-methyl/N-ethyl adjacent to an activating group) is 1. The van der Waals surface area contributed by atoms with Crippen molar-refractivity contribution >= 4 is 5.91 Å². The normalized spacial score (nSPS) is 28.9. The van der Waals surface area contributed by atoms with Crippen LogP contribution in [0, 0.1) is 35.0 Å². The van der Waals surface area contributed by atoms with Crippen molar-refractivity contribution in [2.75, 3.05) is 34.4 Å². The van der Waals surface area contributed by atoms with Crippen LogP contribution >= 0.6 is 0 Å². The summed E-state index contributed by atoms with van der Waals surface area (Å²) in [6.07, 6.45) is 1.79. The minimum absolute atomic E-state index is 0.0995. The molecule has 278 valence electrons. The molecule has 0 aromatic heterocycles. The van der Waals surface area contributed by atoms with Crippen LogP contribution in [0.25, 0.3) is 0 Å². The van der Waals surface area contributed by atoms with Crippen LogP contribution in [0.1, 0.15) is 77.5 Å². The van der Waals surface area contributed by atoms with E-state index in [9.17, 15) is 15.0 Å². The van der Waals surface area contributed by atoms with E-state index >= 15 is 0 Å². The Bertz CT molecular complexity index is 1400. The number of methoxy groups -OCH3 is 1. The molecule has 1 aliphatic heterocycles. The van der Waals surface area contributed by atoms with Gasteiger partial charge in [-0.3, -0.25) is 14.5 Å². The number of aliphatic hydroxyl groups is 2. The molecule has 1 heterocycles. The lowest BCUT2D eigenvalue weighted by Gasteiger charge is -2.62. The number of amides is 1. The number of ether oxygens (including phenoxy) is 1. The summed E-state index contributed by atoms with van der Waals surface area (Å²) in [6, 6.07) is 16.5. The fourth-order valence-electron chi connectivity index (χ4n) is 9.40. The SMILES string of the molecule is COc1ccccc1CN(Cc1cccc(CN2O[C@@H](CO)[C@@H]([C@H](C)O)[C@H]2C(=O)N[C@H]2CC3CC([C@H]2C)C3(C)C)c1)[C@@H](CC(C)C)CN(C)C. The summed E-state index contributed by atoms with van der Waals surface area (Å²) in [5, 5.41) is 26.3. The number of hydroxylamine groups is 2. The summed E-state index contributed by atoms with van der Waals surface area (Å²) >= 11 is 0. The zero-order valence-electron chi connectivity index (χ0n) is 32.0. The maximum absolute atomic E-state index is 14.2. The summed E-state index contributed by atoms with van der Waals surface area (Å²) in [5.41, 5.74) is 3.67. The van der Waals surface area contributed by atoms with Crippen molar-refractivity contribution in [2.45, 2.75) is 111 Å². The lowest BCUT2D eigenvalue weighted by Crippen LogP contribution is -2.62. The molecular formula is C41H64N4O5. The minimum Gasteiger partial charge on any atom is -0.496 e. The lowest BCUT2D eigenvalue weighted by atomic mass is 9.45. The van der Waals surface area contributed by atoms with Crippen LogP contribution in [0.5, 0.6) is 5.75 Å². The second-order valence-corrected chi connectivity index (χ2v) is 16.8. The molecule has 0 spiro atoms. The van der Waals surface area contributed by atoms with Crippen molar-refractivity contribution in [2.24, 2.45) is 35.0 Å². The number of fused-ring (bicyclic) bond motifs is 2. The third-order valence-electron chi connectivity index (χ3n) is 12.2. The number of hydrogen-bond donors (Lipinski definition) is 3. The first kappa shape index (κ1) is 38.7. The quantitative estimate of drug-likeness (QED) is 0.217. The number of nitrogens with zero attached hydrogens (tertiary/aromatic N) is 3. The molecule has 1 saturated heterocycles. The number of carbonyl (C=O) groups excluding carboxylic acids is 1. The van der Waals surface area contributed by atoms with Crippen LogP contribution in [-0.2, 0) is 29.3 Å². The highest BCUT2D eigenvalue weighted by molar-refractivity contribution is 5.82. The Hall–Kier alpha value is -2.53. The summed E-state index contributed by atoms with van der Waals surface area (Å²) in [6.45, 7) is 15.8. The topological polar surface area (TPSA) is 97.7 Å². The Morgan fingerprint density at radius 2 is 1.80 bits per heavy atom. The summed E-state index contributed by atoms with van der Waals surface area (Å²) in [7, 11) is 6.00. The van der Waals surface area contributed by atoms with Gasteiger partial charge in [-0.2, -0.15) is 5.06 Å². The molecule has 2 aromatic rings. The summed E-state index contributed by atoms with van der Waals surface area (Å²) in [5.74, 6) is 2.36. The van der Waals surface area contributed by atoms with Crippen molar-refractivity contribution in [3.63, 3.8) is 0 Å². The monoisotopic (exact) mass is 692 g/mol. The Kier molecular flexibility index (Phi) is 12.7.